The molecule has 1 heterocycles. The van der Waals surface area contributed by atoms with E-state index in [1.54, 1.807) is 0 Å². The molecule has 26 heavy (non-hydrogen) atoms. The molecule has 1 aliphatic rings. The number of aryl methyl sites for hydroxylation is 2. The molecule has 0 fully saturated rings. The summed E-state index contributed by atoms with van der Waals surface area (Å²) in [6, 6.07) is 11.6. The first kappa shape index (κ1) is 18.1. The van der Waals surface area contributed by atoms with E-state index in [-0.39, 0.29) is 5.91 Å². The molecule has 2 aromatic carbocycles. The van der Waals surface area contributed by atoms with Gasteiger partial charge in [0, 0.05) is 18.5 Å². The zero-order chi connectivity index (χ0) is 18.4. The maximum Gasteiger partial charge on any atom is 0.224 e. The van der Waals surface area contributed by atoms with Gasteiger partial charge in [0.1, 0.15) is 5.75 Å². The summed E-state index contributed by atoms with van der Waals surface area (Å²) < 4.78 is 16.9. The second-order valence-electron chi connectivity index (χ2n) is 6.29. The maximum atomic E-state index is 12.3. The van der Waals surface area contributed by atoms with Gasteiger partial charge in [0.05, 0.1) is 19.8 Å². The molecule has 0 saturated heterocycles. The second kappa shape index (κ2) is 8.61. The van der Waals surface area contributed by atoms with Gasteiger partial charge >= 0.3 is 0 Å². The highest BCUT2D eigenvalue weighted by Crippen LogP contribution is 2.30. The maximum absolute atomic E-state index is 12.3. The molecular formula is C21H25NO4. The fraction of sp³-hybridized carbons (Fsp3) is 0.381. The Morgan fingerprint density at radius 2 is 1.92 bits per heavy atom. The molecule has 0 bridgehead atoms. The van der Waals surface area contributed by atoms with Crippen molar-refractivity contribution in [2.75, 3.05) is 25.1 Å². The van der Waals surface area contributed by atoms with Crippen molar-refractivity contribution in [1.82, 2.24) is 0 Å². The molecule has 0 atom stereocenters. The van der Waals surface area contributed by atoms with E-state index in [2.05, 4.69) is 5.32 Å². The molecule has 0 spiro atoms. The topological polar surface area (TPSA) is 56.8 Å². The largest absolute Gasteiger partial charge is 0.494 e. The second-order valence-corrected chi connectivity index (χ2v) is 6.29. The third-order valence-corrected chi connectivity index (χ3v) is 4.21. The quantitative estimate of drug-likeness (QED) is 0.847. The molecular weight excluding hydrogens is 330 g/mol. The Bertz CT molecular complexity index is 773. The van der Waals surface area contributed by atoms with Crippen LogP contribution >= 0.6 is 0 Å². The Labute approximate surface area is 154 Å². The molecule has 0 aliphatic carbocycles. The van der Waals surface area contributed by atoms with Crippen molar-refractivity contribution < 1.29 is 19.0 Å². The average Bonchev–Trinajstić information content (AvgIpc) is 2.87. The molecule has 0 saturated carbocycles. The van der Waals surface area contributed by atoms with E-state index in [0.717, 1.165) is 40.5 Å². The van der Waals surface area contributed by atoms with Crippen molar-refractivity contribution >= 4 is 11.6 Å². The number of ether oxygens (including phenoxy) is 3. The van der Waals surface area contributed by atoms with Crippen LogP contribution < -0.4 is 19.5 Å². The minimum Gasteiger partial charge on any atom is -0.494 e. The van der Waals surface area contributed by atoms with Gasteiger partial charge in [0.15, 0.2) is 11.5 Å². The summed E-state index contributed by atoms with van der Waals surface area (Å²) in [5, 5.41) is 2.94. The summed E-state index contributed by atoms with van der Waals surface area (Å²) >= 11 is 0. The van der Waals surface area contributed by atoms with Crippen LogP contribution in [-0.2, 0) is 11.2 Å². The number of benzene rings is 2. The Kier molecular flexibility index (Phi) is 6.00. The van der Waals surface area contributed by atoms with Crippen LogP contribution in [-0.4, -0.2) is 25.7 Å². The molecule has 0 unspecified atom stereocenters. The predicted octanol–water partition coefficient (Wildman–Crippen LogP) is 4.13. The van der Waals surface area contributed by atoms with Gasteiger partial charge in [-0.15, -0.1) is 0 Å². The van der Waals surface area contributed by atoms with E-state index >= 15 is 0 Å². The van der Waals surface area contributed by atoms with E-state index in [0.29, 0.717) is 32.7 Å². The highest BCUT2D eigenvalue weighted by molar-refractivity contribution is 5.91. The van der Waals surface area contributed by atoms with Crippen LogP contribution in [0.3, 0.4) is 0 Å². The summed E-state index contributed by atoms with van der Waals surface area (Å²) in [6.07, 6.45) is 1.94. The van der Waals surface area contributed by atoms with Crippen LogP contribution in [0.2, 0.25) is 0 Å². The summed E-state index contributed by atoms with van der Waals surface area (Å²) in [4.78, 5) is 12.3. The van der Waals surface area contributed by atoms with Crippen LogP contribution in [0.1, 0.15) is 30.9 Å². The van der Waals surface area contributed by atoms with Crippen molar-refractivity contribution in [2.24, 2.45) is 0 Å². The monoisotopic (exact) mass is 355 g/mol. The van der Waals surface area contributed by atoms with Gasteiger partial charge in [-0.25, -0.2) is 0 Å². The van der Waals surface area contributed by atoms with Crippen molar-refractivity contribution in [3.8, 4) is 17.2 Å². The molecule has 138 valence electrons. The lowest BCUT2D eigenvalue weighted by molar-refractivity contribution is -0.116. The van der Waals surface area contributed by atoms with E-state index < -0.39 is 0 Å². The molecule has 5 nitrogen and oxygen atoms in total. The minimum absolute atomic E-state index is 0.0133. The van der Waals surface area contributed by atoms with Crippen molar-refractivity contribution in [1.29, 1.82) is 0 Å². The highest BCUT2D eigenvalue weighted by Gasteiger charge is 2.12. The van der Waals surface area contributed by atoms with Crippen LogP contribution in [0.4, 0.5) is 5.69 Å². The molecule has 1 N–H and O–H groups in total. The van der Waals surface area contributed by atoms with Gasteiger partial charge in [-0.1, -0.05) is 6.07 Å². The zero-order valence-corrected chi connectivity index (χ0v) is 15.3. The van der Waals surface area contributed by atoms with E-state index in [9.17, 15) is 4.79 Å². The highest BCUT2D eigenvalue weighted by atomic mass is 16.5. The lowest BCUT2D eigenvalue weighted by Gasteiger charge is -2.11. The Balaban J connectivity index is 1.56. The molecule has 0 radical (unpaired) electrons. The van der Waals surface area contributed by atoms with Crippen molar-refractivity contribution in [3.63, 3.8) is 0 Å². The summed E-state index contributed by atoms with van der Waals surface area (Å²) in [7, 11) is 0. The smallest absolute Gasteiger partial charge is 0.224 e. The lowest BCUT2D eigenvalue weighted by Crippen LogP contribution is -2.12. The molecule has 1 amide bonds. The van der Waals surface area contributed by atoms with E-state index in [1.807, 2.05) is 50.2 Å². The van der Waals surface area contributed by atoms with Gasteiger partial charge < -0.3 is 19.5 Å². The Hall–Kier alpha value is -2.69. The van der Waals surface area contributed by atoms with Crippen LogP contribution in [0.15, 0.2) is 36.4 Å². The number of carbonyl (C=O) groups is 1. The van der Waals surface area contributed by atoms with Crippen molar-refractivity contribution in [3.05, 3.63) is 47.5 Å². The number of nitrogens with one attached hydrogen (secondary N) is 1. The predicted molar refractivity (Wildman–Crippen MR) is 101 cm³/mol. The number of fused-ring (bicyclic) bond motifs is 1. The first-order valence-electron chi connectivity index (χ1n) is 9.07. The number of rotatable bonds is 6. The van der Waals surface area contributed by atoms with Gasteiger partial charge in [-0.2, -0.15) is 0 Å². The Morgan fingerprint density at radius 3 is 2.69 bits per heavy atom. The van der Waals surface area contributed by atoms with E-state index in [1.165, 1.54) is 0 Å². The summed E-state index contributed by atoms with van der Waals surface area (Å²) in [5.74, 6) is 2.38. The van der Waals surface area contributed by atoms with Crippen LogP contribution in [0, 0.1) is 6.92 Å². The number of carbonyl (C=O) groups excluding carboxylic acids is 1. The lowest BCUT2D eigenvalue weighted by atomic mass is 10.1. The fourth-order valence-corrected chi connectivity index (χ4v) is 2.89. The number of amides is 1. The van der Waals surface area contributed by atoms with E-state index in [4.69, 9.17) is 14.2 Å². The third kappa shape index (κ3) is 4.69. The number of hydrogen-bond acceptors (Lipinski definition) is 4. The Morgan fingerprint density at radius 1 is 1.12 bits per heavy atom. The van der Waals surface area contributed by atoms with Crippen LogP contribution in [0.25, 0.3) is 0 Å². The average molecular weight is 355 g/mol. The molecule has 2 aromatic rings. The minimum atomic E-state index is -0.0133. The first-order valence-corrected chi connectivity index (χ1v) is 9.07. The molecule has 0 aromatic heterocycles. The first-order chi connectivity index (χ1) is 12.7. The summed E-state index contributed by atoms with van der Waals surface area (Å²) in [5.41, 5.74) is 2.86. The fourth-order valence-electron chi connectivity index (χ4n) is 2.89. The van der Waals surface area contributed by atoms with Crippen molar-refractivity contribution in [2.45, 2.75) is 33.1 Å². The number of hydrogen-bond donors (Lipinski definition) is 1. The van der Waals surface area contributed by atoms with Gasteiger partial charge in [0.25, 0.3) is 0 Å². The van der Waals surface area contributed by atoms with Gasteiger partial charge in [-0.05, 0) is 61.7 Å². The molecule has 1 aliphatic heterocycles. The standard InChI is InChI=1S/C21H25NO4/c1-3-24-18-9-7-17(13-15(18)2)22-21(23)10-6-16-5-8-19-20(14-16)26-12-4-11-25-19/h5,7-9,13-14H,3-4,6,10-12H2,1-2H3,(H,22,23). The summed E-state index contributed by atoms with van der Waals surface area (Å²) in [6.45, 7) is 5.89. The van der Waals surface area contributed by atoms with Gasteiger partial charge in [-0.3, -0.25) is 4.79 Å². The number of anilines is 1. The SMILES string of the molecule is CCOc1ccc(NC(=O)CCc2ccc3c(c2)OCCCO3)cc1C. The van der Waals surface area contributed by atoms with Gasteiger partial charge in [0.2, 0.25) is 5.91 Å². The third-order valence-electron chi connectivity index (χ3n) is 4.21. The molecule has 3 rings (SSSR count). The normalized spacial score (nSPS) is 13.0. The van der Waals surface area contributed by atoms with Crippen LogP contribution in [0.5, 0.6) is 17.2 Å². The zero-order valence-electron chi connectivity index (χ0n) is 15.3. The molecule has 5 heteroatoms.